The van der Waals surface area contributed by atoms with Gasteiger partial charge in [-0.1, -0.05) is 48.0 Å². The number of nitrogens with two attached hydrogens (primary N) is 1. The SMILES string of the molecule is Cc1ccc(-c2ccn(N(C)c3ccccc3)c(=NN)n2)cc1. The van der Waals surface area contributed by atoms with E-state index >= 15 is 0 Å². The first-order valence-corrected chi connectivity index (χ1v) is 7.39. The topological polar surface area (TPSA) is 59.4 Å². The number of anilines is 1. The number of benzene rings is 2. The van der Waals surface area contributed by atoms with Gasteiger partial charge in [-0.3, -0.25) is 5.01 Å². The molecule has 2 aromatic carbocycles. The molecule has 23 heavy (non-hydrogen) atoms. The molecule has 0 atom stereocenters. The fourth-order valence-corrected chi connectivity index (χ4v) is 2.38. The van der Waals surface area contributed by atoms with E-state index < -0.39 is 0 Å². The van der Waals surface area contributed by atoms with Crippen LogP contribution in [-0.2, 0) is 0 Å². The molecular weight excluding hydrogens is 286 g/mol. The number of nitrogens with zero attached hydrogens (tertiary/aromatic N) is 4. The zero-order chi connectivity index (χ0) is 16.2. The average Bonchev–Trinajstić information content (AvgIpc) is 2.62. The first kappa shape index (κ1) is 14.8. The predicted octanol–water partition coefficient (Wildman–Crippen LogP) is 2.53. The van der Waals surface area contributed by atoms with Crippen molar-refractivity contribution in [1.29, 1.82) is 0 Å². The molecular formula is C18H19N5. The van der Waals surface area contributed by atoms with Crippen LogP contribution in [0.25, 0.3) is 11.3 Å². The fraction of sp³-hybridized carbons (Fsp3) is 0.111. The highest BCUT2D eigenvalue weighted by molar-refractivity contribution is 5.58. The van der Waals surface area contributed by atoms with Crippen LogP contribution in [0.2, 0.25) is 0 Å². The summed E-state index contributed by atoms with van der Waals surface area (Å²) in [6.45, 7) is 2.06. The highest BCUT2D eigenvalue weighted by atomic mass is 15.6. The van der Waals surface area contributed by atoms with E-state index in [0.717, 1.165) is 16.9 Å². The van der Waals surface area contributed by atoms with Crippen molar-refractivity contribution in [2.45, 2.75) is 6.92 Å². The van der Waals surface area contributed by atoms with Crippen molar-refractivity contribution >= 4 is 5.69 Å². The van der Waals surface area contributed by atoms with Crippen LogP contribution in [0.3, 0.4) is 0 Å². The Labute approximate surface area is 135 Å². The van der Waals surface area contributed by atoms with Gasteiger partial charge in [0.2, 0.25) is 0 Å². The minimum Gasteiger partial charge on any atom is -0.320 e. The molecule has 2 N–H and O–H groups in total. The third kappa shape index (κ3) is 3.08. The summed E-state index contributed by atoms with van der Waals surface area (Å²) in [7, 11) is 1.94. The monoisotopic (exact) mass is 305 g/mol. The Balaban J connectivity index is 2.02. The zero-order valence-electron chi connectivity index (χ0n) is 13.2. The molecule has 5 heteroatoms. The Hall–Kier alpha value is -3.08. The van der Waals surface area contributed by atoms with Gasteiger partial charge in [0.25, 0.3) is 5.62 Å². The number of aromatic nitrogens is 2. The quantitative estimate of drug-likeness (QED) is 0.597. The van der Waals surface area contributed by atoms with Crippen LogP contribution in [0.5, 0.6) is 0 Å². The van der Waals surface area contributed by atoms with Crippen molar-refractivity contribution in [3.63, 3.8) is 0 Å². The first-order valence-electron chi connectivity index (χ1n) is 7.39. The third-order valence-electron chi connectivity index (χ3n) is 3.71. The first-order chi connectivity index (χ1) is 11.2. The van der Waals surface area contributed by atoms with Crippen LogP contribution in [-0.4, -0.2) is 16.7 Å². The van der Waals surface area contributed by atoms with Gasteiger partial charge < -0.3 is 5.84 Å². The van der Waals surface area contributed by atoms with Gasteiger partial charge in [-0.15, -0.1) is 5.10 Å². The van der Waals surface area contributed by atoms with Crippen LogP contribution < -0.4 is 16.5 Å². The molecule has 3 rings (SSSR count). The van der Waals surface area contributed by atoms with Gasteiger partial charge in [0.15, 0.2) is 0 Å². The molecule has 0 fully saturated rings. The number of hydrogen-bond acceptors (Lipinski definition) is 4. The standard InChI is InChI=1S/C18H19N5/c1-14-8-10-15(11-9-14)17-12-13-23(18(20-17)21-19)22(2)16-6-4-3-5-7-16/h3-13H,19H2,1-2H3. The smallest absolute Gasteiger partial charge is 0.266 e. The van der Waals surface area contributed by atoms with Gasteiger partial charge in [0.05, 0.1) is 11.4 Å². The Morgan fingerprint density at radius 2 is 1.70 bits per heavy atom. The largest absolute Gasteiger partial charge is 0.320 e. The molecule has 0 spiro atoms. The predicted molar refractivity (Wildman–Crippen MR) is 92.4 cm³/mol. The van der Waals surface area contributed by atoms with Crippen molar-refractivity contribution in [2.24, 2.45) is 10.9 Å². The molecule has 1 heterocycles. The third-order valence-corrected chi connectivity index (χ3v) is 3.71. The maximum Gasteiger partial charge on any atom is 0.266 e. The van der Waals surface area contributed by atoms with Crippen LogP contribution in [0, 0.1) is 6.92 Å². The van der Waals surface area contributed by atoms with E-state index in [-0.39, 0.29) is 0 Å². The van der Waals surface area contributed by atoms with Crippen LogP contribution >= 0.6 is 0 Å². The lowest BCUT2D eigenvalue weighted by Crippen LogP contribution is -2.38. The molecule has 5 nitrogen and oxygen atoms in total. The highest BCUT2D eigenvalue weighted by Gasteiger charge is 2.06. The van der Waals surface area contributed by atoms with E-state index in [1.54, 1.807) is 0 Å². The van der Waals surface area contributed by atoms with E-state index in [4.69, 9.17) is 5.84 Å². The molecule has 0 aliphatic carbocycles. The van der Waals surface area contributed by atoms with Crippen molar-refractivity contribution < 1.29 is 0 Å². The fourth-order valence-electron chi connectivity index (χ4n) is 2.38. The molecule has 0 saturated carbocycles. The van der Waals surface area contributed by atoms with E-state index in [1.807, 2.05) is 71.5 Å². The lowest BCUT2D eigenvalue weighted by Gasteiger charge is -2.22. The van der Waals surface area contributed by atoms with Crippen molar-refractivity contribution in [3.05, 3.63) is 78.0 Å². The van der Waals surface area contributed by atoms with E-state index in [1.165, 1.54) is 5.56 Å². The van der Waals surface area contributed by atoms with Crippen LogP contribution in [0.4, 0.5) is 5.69 Å². The molecule has 0 radical (unpaired) electrons. The van der Waals surface area contributed by atoms with Crippen LogP contribution in [0.15, 0.2) is 72.0 Å². The molecule has 0 aliphatic rings. The van der Waals surface area contributed by atoms with Gasteiger partial charge in [0, 0.05) is 18.8 Å². The highest BCUT2D eigenvalue weighted by Crippen LogP contribution is 2.16. The Bertz CT molecular complexity index is 851. The van der Waals surface area contributed by atoms with E-state index in [2.05, 4.69) is 29.1 Å². The molecule has 0 unspecified atom stereocenters. The maximum atomic E-state index is 5.55. The second kappa shape index (κ2) is 6.36. The molecule has 0 aliphatic heterocycles. The lowest BCUT2D eigenvalue weighted by atomic mass is 10.1. The van der Waals surface area contributed by atoms with Gasteiger partial charge >= 0.3 is 0 Å². The van der Waals surface area contributed by atoms with Crippen molar-refractivity contribution in [1.82, 2.24) is 9.66 Å². The van der Waals surface area contributed by atoms with Crippen LogP contribution in [0.1, 0.15) is 5.56 Å². The average molecular weight is 305 g/mol. The summed E-state index contributed by atoms with van der Waals surface area (Å²) >= 11 is 0. The summed E-state index contributed by atoms with van der Waals surface area (Å²) in [5.41, 5.74) is 4.55. The number of rotatable bonds is 3. The Morgan fingerprint density at radius 3 is 2.35 bits per heavy atom. The maximum absolute atomic E-state index is 5.55. The Kier molecular flexibility index (Phi) is 4.10. The van der Waals surface area contributed by atoms with Gasteiger partial charge in [-0.2, -0.15) is 0 Å². The minimum absolute atomic E-state index is 0.439. The molecule has 116 valence electrons. The van der Waals surface area contributed by atoms with Gasteiger partial charge in [0.1, 0.15) is 0 Å². The number of hydrogen-bond donors (Lipinski definition) is 1. The second-order valence-corrected chi connectivity index (χ2v) is 5.31. The minimum atomic E-state index is 0.439. The summed E-state index contributed by atoms with van der Waals surface area (Å²) in [5, 5.41) is 5.77. The van der Waals surface area contributed by atoms with Gasteiger partial charge in [-0.25, -0.2) is 9.66 Å². The molecule has 3 aromatic rings. The summed E-state index contributed by atoms with van der Waals surface area (Å²) in [6.07, 6.45) is 1.92. The lowest BCUT2D eigenvalue weighted by molar-refractivity contribution is 0.683. The number of para-hydroxylation sites is 1. The summed E-state index contributed by atoms with van der Waals surface area (Å²) in [6, 6.07) is 20.2. The second-order valence-electron chi connectivity index (χ2n) is 5.31. The zero-order valence-corrected chi connectivity index (χ0v) is 13.2. The molecule has 0 bridgehead atoms. The summed E-state index contributed by atoms with van der Waals surface area (Å²) < 4.78 is 1.81. The molecule has 0 saturated heterocycles. The molecule has 1 aromatic heterocycles. The van der Waals surface area contributed by atoms with Crippen molar-refractivity contribution in [3.8, 4) is 11.3 Å². The molecule has 0 amide bonds. The number of aryl methyl sites for hydroxylation is 1. The Morgan fingerprint density at radius 1 is 1.00 bits per heavy atom. The van der Waals surface area contributed by atoms with E-state index in [0.29, 0.717) is 5.62 Å². The van der Waals surface area contributed by atoms with Gasteiger partial charge in [-0.05, 0) is 25.1 Å². The van der Waals surface area contributed by atoms with Crippen molar-refractivity contribution in [2.75, 3.05) is 12.1 Å². The normalized spacial score (nSPS) is 11.5. The summed E-state index contributed by atoms with van der Waals surface area (Å²) in [5.74, 6) is 5.55. The van der Waals surface area contributed by atoms with E-state index in [9.17, 15) is 0 Å². The summed E-state index contributed by atoms with van der Waals surface area (Å²) in [4.78, 5) is 4.57.